The van der Waals surface area contributed by atoms with Crippen molar-refractivity contribution < 1.29 is 23.6 Å². The second kappa shape index (κ2) is 9.23. The summed E-state index contributed by atoms with van der Waals surface area (Å²) in [7, 11) is 0. The van der Waals surface area contributed by atoms with Crippen molar-refractivity contribution in [2.75, 3.05) is 44.2 Å². The number of carbonyl (C=O) groups excluding carboxylic acids is 4. The zero-order valence-electron chi connectivity index (χ0n) is 20.4. The van der Waals surface area contributed by atoms with Crippen LogP contribution >= 0.6 is 0 Å². The quantitative estimate of drug-likeness (QED) is 0.628. The SMILES string of the molecule is O=C1CCC(N2C(=O)c3cc(F)c(N4CC(N5CCN(C6CCCCC6)CC5)C4)cc3C2=O)C(=O)N1. The first kappa shape index (κ1) is 23.5. The molecule has 4 amide bonds. The molecule has 9 nitrogen and oxygen atoms in total. The molecule has 6 rings (SSSR count). The lowest BCUT2D eigenvalue weighted by Gasteiger charge is -2.50. The number of nitrogens with zero attached hydrogens (tertiary/aromatic N) is 4. The number of piperidine rings is 1. The normalized spacial score (nSPS) is 26.9. The Hall–Kier alpha value is -2.85. The van der Waals surface area contributed by atoms with E-state index >= 15 is 4.39 Å². The zero-order chi connectivity index (χ0) is 25.0. The first-order valence-corrected chi connectivity index (χ1v) is 13.2. The van der Waals surface area contributed by atoms with Gasteiger partial charge in [0.05, 0.1) is 16.8 Å². The molecule has 10 heteroatoms. The van der Waals surface area contributed by atoms with E-state index in [4.69, 9.17) is 0 Å². The number of amides is 4. The molecule has 1 unspecified atom stereocenters. The van der Waals surface area contributed by atoms with E-state index in [9.17, 15) is 19.2 Å². The van der Waals surface area contributed by atoms with Crippen molar-refractivity contribution >= 4 is 29.3 Å². The van der Waals surface area contributed by atoms with E-state index in [1.165, 1.54) is 38.2 Å². The maximum Gasteiger partial charge on any atom is 0.262 e. The minimum Gasteiger partial charge on any atom is -0.366 e. The lowest BCUT2D eigenvalue weighted by molar-refractivity contribution is -0.136. The van der Waals surface area contributed by atoms with Crippen molar-refractivity contribution in [3.05, 3.63) is 29.1 Å². The Labute approximate surface area is 209 Å². The predicted molar refractivity (Wildman–Crippen MR) is 129 cm³/mol. The third-order valence-electron chi connectivity index (χ3n) is 8.67. The molecule has 4 aliphatic heterocycles. The molecular formula is C26H32FN5O4. The van der Waals surface area contributed by atoms with Gasteiger partial charge >= 0.3 is 0 Å². The largest absolute Gasteiger partial charge is 0.366 e. The number of carbonyl (C=O) groups is 4. The number of anilines is 1. The summed E-state index contributed by atoms with van der Waals surface area (Å²) in [4.78, 5) is 57.6. The average Bonchev–Trinajstić information content (AvgIpc) is 3.08. The van der Waals surface area contributed by atoms with Crippen LogP contribution in [0, 0.1) is 5.82 Å². The number of nitrogens with one attached hydrogen (secondary N) is 1. The predicted octanol–water partition coefficient (Wildman–Crippen LogP) is 1.37. The van der Waals surface area contributed by atoms with Crippen molar-refractivity contribution in [3.63, 3.8) is 0 Å². The highest BCUT2D eigenvalue weighted by Crippen LogP contribution is 2.35. The number of piperazine rings is 1. The molecule has 36 heavy (non-hydrogen) atoms. The molecule has 4 heterocycles. The van der Waals surface area contributed by atoms with Crippen LogP contribution in [0.25, 0.3) is 0 Å². The molecule has 0 aromatic heterocycles. The highest BCUT2D eigenvalue weighted by molar-refractivity contribution is 6.23. The summed E-state index contributed by atoms with van der Waals surface area (Å²) in [6.45, 7) is 5.57. The summed E-state index contributed by atoms with van der Waals surface area (Å²) in [6.07, 6.45) is 6.81. The maximum absolute atomic E-state index is 15.1. The van der Waals surface area contributed by atoms with Gasteiger partial charge in [0.1, 0.15) is 11.9 Å². The molecule has 1 aliphatic carbocycles. The minimum absolute atomic E-state index is 0.0261. The van der Waals surface area contributed by atoms with Crippen molar-refractivity contribution in [2.45, 2.75) is 63.1 Å². The molecule has 3 saturated heterocycles. The Morgan fingerprint density at radius 2 is 1.39 bits per heavy atom. The lowest BCUT2D eigenvalue weighted by Crippen LogP contribution is -2.64. The molecule has 1 aromatic carbocycles. The summed E-state index contributed by atoms with van der Waals surface area (Å²) < 4.78 is 15.1. The number of hydrogen-bond donors (Lipinski definition) is 1. The van der Waals surface area contributed by atoms with E-state index in [0.717, 1.165) is 43.2 Å². The summed E-state index contributed by atoms with van der Waals surface area (Å²) in [5.74, 6) is -2.94. The molecule has 0 radical (unpaired) electrons. The van der Waals surface area contributed by atoms with Crippen LogP contribution in [0.3, 0.4) is 0 Å². The van der Waals surface area contributed by atoms with E-state index in [0.29, 0.717) is 24.8 Å². The lowest BCUT2D eigenvalue weighted by atomic mass is 9.93. The molecule has 0 spiro atoms. The fraction of sp³-hybridized carbons (Fsp3) is 0.615. The Morgan fingerprint density at radius 3 is 2.03 bits per heavy atom. The first-order valence-electron chi connectivity index (χ1n) is 13.2. The maximum atomic E-state index is 15.1. The second-order valence-corrected chi connectivity index (χ2v) is 10.7. The smallest absolute Gasteiger partial charge is 0.262 e. The van der Waals surface area contributed by atoms with Crippen LogP contribution in [0.1, 0.15) is 65.7 Å². The van der Waals surface area contributed by atoms with Crippen LogP contribution in [0.4, 0.5) is 10.1 Å². The number of benzene rings is 1. The van der Waals surface area contributed by atoms with Crippen LogP contribution < -0.4 is 10.2 Å². The van der Waals surface area contributed by atoms with Crippen molar-refractivity contribution in [1.29, 1.82) is 0 Å². The monoisotopic (exact) mass is 497 g/mol. The minimum atomic E-state index is -1.05. The third-order valence-corrected chi connectivity index (χ3v) is 8.67. The molecule has 1 N–H and O–H groups in total. The van der Waals surface area contributed by atoms with E-state index in [1.807, 2.05) is 4.90 Å². The molecule has 1 saturated carbocycles. The number of rotatable bonds is 4. The Kier molecular flexibility index (Phi) is 6.03. The van der Waals surface area contributed by atoms with Gasteiger partial charge in [0.25, 0.3) is 11.8 Å². The molecule has 4 fully saturated rings. The highest BCUT2D eigenvalue weighted by atomic mass is 19.1. The summed E-state index contributed by atoms with van der Waals surface area (Å²) in [5.41, 5.74) is 0.407. The van der Waals surface area contributed by atoms with Gasteiger partial charge in [-0.1, -0.05) is 19.3 Å². The van der Waals surface area contributed by atoms with E-state index in [2.05, 4.69) is 15.1 Å². The summed E-state index contributed by atoms with van der Waals surface area (Å²) in [5, 5.41) is 2.18. The van der Waals surface area contributed by atoms with Gasteiger partial charge in [-0.15, -0.1) is 0 Å². The van der Waals surface area contributed by atoms with Crippen LogP contribution in [0.15, 0.2) is 12.1 Å². The van der Waals surface area contributed by atoms with Crippen LogP contribution in [0.2, 0.25) is 0 Å². The van der Waals surface area contributed by atoms with Gasteiger partial charge in [-0.2, -0.15) is 0 Å². The van der Waals surface area contributed by atoms with Gasteiger partial charge in [-0.3, -0.25) is 39.2 Å². The molecule has 192 valence electrons. The van der Waals surface area contributed by atoms with Gasteiger partial charge < -0.3 is 4.90 Å². The second-order valence-electron chi connectivity index (χ2n) is 10.7. The Balaban J connectivity index is 1.10. The number of fused-ring (bicyclic) bond motifs is 1. The Morgan fingerprint density at radius 1 is 0.778 bits per heavy atom. The van der Waals surface area contributed by atoms with E-state index in [-0.39, 0.29) is 24.0 Å². The van der Waals surface area contributed by atoms with E-state index < -0.39 is 35.5 Å². The molecule has 0 bridgehead atoms. The number of imide groups is 2. The summed E-state index contributed by atoms with van der Waals surface area (Å²) >= 11 is 0. The van der Waals surface area contributed by atoms with Gasteiger partial charge in [-0.05, 0) is 31.4 Å². The average molecular weight is 498 g/mol. The fourth-order valence-electron chi connectivity index (χ4n) is 6.52. The molecular weight excluding hydrogens is 465 g/mol. The Bertz CT molecular complexity index is 1110. The van der Waals surface area contributed by atoms with E-state index in [1.54, 1.807) is 0 Å². The molecule has 1 aromatic rings. The van der Waals surface area contributed by atoms with Crippen LogP contribution in [0.5, 0.6) is 0 Å². The topological polar surface area (TPSA) is 93.3 Å². The highest BCUT2D eigenvalue weighted by Gasteiger charge is 2.46. The standard InChI is InChI=1S/C26H32FN5O4/c27-20-12-18-19(26(36)32(25(18)35)21-6-7-23(33)28-24(21)34)13-22(20)31-14-17(15-31)30-10-8-29(9-11-30)16-4-2-1-3-5-16/h12-13,16-17,21H,1-11,14-15H2,(H,28,33,34). The number of halogens is 1. The van der Waals surface area contributed by atoms with Gasteiger partial charge in [0.2, 0.25) is 11.8 Å². The van der Waals surface area contributed by atoms with Crippen molar-refractivity contribution in [2.24, 2.45) is 0 Å². The fourth-order valence-corrected chi connectivity index (χ4v) is 6.52. The van der Waals surface area contributed by atoms with Crippen molar-refractivity contribution in [1.82, 2.24) is 20.0 Å². The van der Waals surface area contributed by atoms with Gasteiger partial charge in [-0.25, -0.2) is 4.39 Å². The van der Waals surface area contributed by atoms with Crippen LogP contribution in [-0.2, 0) is 9.59 Å². The van der Waals surface area contributed by atoms with Crippen molar-refractivity contribution in [3.8, 4) is 0 Å². The van der Waals surface area contributed by atoms with Crippen LogP contribution in [-0.4, -0.2) is 95.7 Å². The summed E-state index contributed by atoms with van der Waals surface area (Å²) in [6, 6.07) is 2.60. The number of hydrogen-bond acceptors (Lipinski definition) is 7. The first-order chi connectivity index (χ1) is 17.4. The third kappa shape index (κ3) is 4.00. The molecule has 5 aliphatic rings. The zero-order valence-corrected chi connectivity index (χ0v) is 20.4. The molecule has 1 atom stereocenters. The van der Waals surface area contributed by atoms with Gasteiger partial charge in [0, 0.05) is 57.8 Å². The van der Waals surface area contributed by atoms with Gasteiger partial charge in [0.15, 0.2) is 0 Å².